The molecule has 0 saturated carbocycles. The van der Waals surface area contributed by atoms with Crippen molar-refractivity contribution in [3.05, 3.63) is 23.7 Å². The molecule has 2 rings (SSSR count). The first-order valence-corrected chi connectivity index (χ1v) is 4.44. The number of nitrogens with zero attached hydrogens (tertiary/aromatic N) is 4. The molecule has 0 saturated heterocycles. The number of Topliss-reactive ketones (excluding diaryl/α,β-unsaturated/α-hetero) is 1. The van der Waals surface area contributed by atoms with Crippen LogP contribution in [0.25, 0.3) is 5.65 Å². The second-order valence-electron chi connectivity index (χ2n) is 3.08. The first kappa shape index (κ1) is 10.2. The summed E-state index contributed by atoms with van der Waals surface area (Å²) in [4.78, 5) is 26.7. The maximum absolute atomic E-state index is 11.5. The topological polar surface area (TPSA) is 86.5 Å². The van der Waals surface area contributed by atoms with Crippen LogP contribution in [0.4, 0.5) is 0 Å². The predicted molar refractivity (Wildman–Crippen MR) is 54.2 cm³/mol. The van der Waals surface area contributed by atoms with Crippen molar-refractivity contribution in [3.8, 4) is 0 Å². The number of carbonyl (C=O) groups excluding carboxylic acids is 2. The smallest absolute Gasteiger partial charge is 0.356 e. The molecule has 0 atom stereocenters. The fourth-order valence-electron chi connectivity index (χ4n) is 1.25. The molecule has 0 amide bonds. The van der Waals surface area contributed by atoms with Crippen LogP contribution in [-0.4, -0.2) is 38.7 Å². The zero-order chi connectivity index (χ0) is 11.7. The van der Waals surface area contributed by atoms with Gasteiger partial charge >= 0.3 is 5.97 Å². The Hall–Kier alpha value is -2.31. The van der Waals surface area contributed by atoms with E-state index in [9.17, 15) is 9.59 Å². The van der Waals surface area contributed by atoms with Gasteiger partial charge in [-0.05, 0) is 0 Å². The third-order valence-corrected chi connectivity index (χ3v) is 2.02. The number of ketones is 1. The van der Waals surface area contributed by atoms with Crippen LogP contribution in [-0.2, 0) is 4.74 Å². The summed E-state index contributed by atoms with van der Waals surface area (Å²) in [7, 11) is 1.25. The van der Waals surface area contributed by atoms with Crippen molar-refractivity contribution in [2.24, 2.45) is 0 Å². The molecule has 0 aromatic carbocycles. The summed E-state index contributed by atoms with van der Waals surface area (Å²) >= 11 is 0. The maximum Gasteiger partial charge on any atom is 0.356 e. The molecule has 7 nitrogen and oxygen atoms in total. The van der Waals surface area contributed by atoms with E-state index in [-0.39, 0.29) is 18.6 Å². The van der Waals surface area contributed by atoms with Crippen LogP contribution in [0.2, 0.25) is 0 Å². The number of esters is 1. The van der Waals surface area contributed by atoms with Gasteiger partial charge in [-0.1, -0.05) is 5.21 Å². The zero-order valence-electron chi connectivity index (χ0n) is 8.67. The molecular formula is C9H10N4O3. The molecule has 2 heterocycles. The lowest BCUT2D eigenvalue weighted by Gasteiger charge is -2.03. The summed E-state index contributed by atoms with van der Waals surface area (Å²) in [6, 6.07) is 1.33. The van der Waals surface area contributed by atoms with Crippen LogP contribution in [0.1, 0.15) is 29.3 Å². The van der Waals surface area contributed by atoms with Crippen LogP contribution >= 0.6 is 0 Å². The maximum atomic E-state index is 11.5. The average Bonchev–Trinajstić information content (AvgIpc) is 2.74. The van der Waals surface area contributed by atoms with Gasteiger partial charge in [-0.3, -0.25) is 4.79 Å². The Morgan fingerprint density at radius 1 is 1.50 bits per heavy atom. The Morgan fingerprint density at radius 3 is 2.88 bits per heavy atom. The number of hydrogen-bond donors (Lipinski definition) is 0. The number of ether oxygens (including phenoxy) is 1. The van der Waals surface area contributed by atoms with Crippen LogP contribution in [0, 0.1) is 0 Å². The molecule has 16 heavy (non-hydrogen) atoms. The molecule has 0 bridgehead atoms. The van der Waals surface area contributed by atoms with Gasteiger partial charge in [0.25, 0.3) is 0 Å². The van der Waals surface area contributed by atoms with Gasteiger partial charge < -0.3 is 4.74 Å². The summed E-state index contributed by atoms with van der Waals surface area (Å²) in [5.41, 5.74) is 0.624. The number of carbonyl (C=O) groups is 2. The molecule has 0 aliphatic rings. The highest BCUT2D eigenvalue weighted by atomic mass is 16.5. The number of rotatable bonds is 2. The Balaban J connectivity index is 0.00000144. The fourth-order valence-corrected chi connectivity index (χ4v) is 1.25. The van der Waals surface area contributed by atoms with Gasteiger partial charge in [0.2, 0.25) is 0 Å². The van der Waals surface area contributed by atoms with Crippen molar-refractivity contribution in [1.82, 2.24) is 19.8 Å². The Bertz CT molecular complexity index is 581. The van der Waals surface area contributed by atoms with Crippen molar-refractivity contribution in [2.45, 2.75) is 6.92 Å². The summed E-state index contributed by atoms with van der Waals surface area (Å²) in [6.07, 6.45) is 1.36. The Kier molecular flexibility index (Phi) is 2.35. The molecule has 0 spiro atoms. The van der Waals surface area contributed by atoms with Crippen LogP contribution in [0.15, 0.2) is 12.3 Å². The van der Waals surface area contributed by atoms with Gasteiger partial charge in [0.15, 0.2) is 17.1 Å². The predicted octanol–water partition coefficient (Wildman–Crippen LogP) is 0.359. The molecule has 0 unspecified atom stereocenters. The normalized spacial score (nSPS) is 10.4. The van der Waals surface area contributed by atoms with E-state index >= 15 is 0 Å². The average molecular weight is 222 g/mol. The Morgan fingerprint density at radius 2 is 2.25 bits per heavy atom. The highest BCUT2D eigenvalue weighted by molar-refractivity contribution is 5.96. The fraction of sp³-hybridized carbons (Fsp3) is 0.222. The first-order chi connectivity index (χ1) is 7.63. The summed E-state index contributed by atoms with van der Waals surface area (Å²) in [6.45, 7) is 1.36. The quantitative estimate of drug-likeness (QED) is 0.538. The van der Waals surface area contributed by atoms with E-state index < -0.39 is 5.97 Å². The third-order valence-electron chi connectivity index (χ3n) is 2.02. The van der Waals surface area contributed by atoms with Crippen LogP contribution in [0.3, 0.4) is 0 Å². The largest absolute Gasteiger partial charge is 0.464 e. The van der Waals surface area contributed by atoms with E-state index in [0.717, 1.165) is 0 Å². The van der Waals surface area contributed by atoms with Crippen molar-refractivity contribution in [1.29, 1.82) is 0 Å². The SMILES string of the molecule is COC(=O)c1cc(C(C)=O)nc2cnnn12.[HH]. The van der Waals surface area contributed by atoms with Gasteiger partial charge in [-0.15, -0.1) is 5.10 Å². The Labute approximate surface area is 91.5 Å². The van der Waals surface area contributed by atoms with Crippen molar-refractivity contribution in [2.75, 3.05) is 7.11 Å². The van der Waals surface area contributed by atoms with E-state index in [1.807, 2.05) is 0 Å². The standard InChI is InChI=1S/C9H8N4O3.H2/c1-5(14)6-3-7(9(15)16-2)13-8(11-6)4-10-12-13;/h3-4H,1-2H3;1H. The molecule has 0 fully saturated rings. The number of fused-ring (bicyclic) bond motifs is 1. The van der Waals surface area contributed by atoms with Gasteiger partial charge in [0.1, 0.15) is 5.69 Å². The molecule has 7 heteroatoms. The highest BCUT2D eigenvalue weighted by Crippen LogP contribution is 2.08. The summed E-state index contributed by atoms with van der Waals surface area (Å²) < 4.78 is 5.80. The van der Waals surface area contributed by atoms with Gasteiger partial charge in [-0.25, -0.2) is 9.78 Å². The molecule has 2 aromatic rings. The van der Waals surface area contributed by atoms with E-state index in [1.54, 1.807) is 0 Å². The number of methoxy groups -OCH3 is 1. The summed E-state index contributed by atoms with van der Waals surface area (Å²) in [5.74, 6) is -0.839. The van der Waals surface area contributed by atoms with Gasteiger partial charge in [0.05, 0.1) is 13.3 Å². The van der Waals surface area contributed by atoms with Crippen molar-refractivity contribution in [3.63, 3.8) is 0 Å². The minimum absolute atomic E-state index is 0. The summed E-state index contributed by atoms with van der Waals surface area (Å²) in [5, 5.41) is 7.29. The first-order valence-electron chi connectivity index (χ1n) is 4.44. The molecule has 0 aliphatic carbocycles. The van der Waals surface area contributed by atoms with Gasteiger partial charge in [0, 0.05) is 14.4 Å². The minimum atomic E-state index is -0.597. The molecular weight excluding hydrogens is 212 g/mol. The number of hydrogen-bond acceptors (Lipinski definition) is 6. The molecule has 0 radical (unpaired) electrons. The highest BCUT2D eigenvalue weighted by Gasteiger charge is 2.16. The van der Waals surface area contributed by atoms with E-state index in [2.05, 4.69) is 20.0 Å². The molecule has 0 aliphatic heterocycles. The van der Waals surface area contributed by atoms with E-state index in [0.29, 0.717) is 5.65 Å². The van der Waals surface area contributed by atoms with E-state index in [1.165, 1.54) is 30.8 Å². The van der Waals surface area contributed by atoms with Crippen molar-refractivity contribution < 1.29 is 15.8 Å². The zero-order valence-corrected chi connectivity index (χ0v) is 8.67. The second kappa shape index (κ2) is 3.69. The van der Waals surface area contributed by atoms with Gasteiger partial charge in [-0.2, -0.15) is 4.52 Å². The lowest BCUT2D eigenvalue weighted by molar-refractivity contribution is 0.0590. The van der Waals surface area contributed by atoms with Crippen molar-refractivity contribution >= 4 is 17.4 Å². The monoisotopic (exact) mass is 222 g/mol. The lowest BCUT2D eigenvalue weighted by atomic mass is 10.2. The van der Waals surface area contributed by atoms with E-state index in [4.69, 9.17) is 0 Å². The third kappa shape index (κ3) is 1.52. The lowest BCUT2D eigenvalue weighted by Crippen LogP contribution is -2.12. The minimum Gasteiger partial charge on any atom is -0.464 e. The van der Waals surface area contributed by atoms with Crippen LogP contribution < -0.4 is 0 Å². The molecule has 2 aromatic heterocycles. The second-order valence-corrected chi connectivity index (χ2v) is 3.08. The van der Waals surface area contributed by atoms with Crippen LogP contribution in [0.5, 0.6) is 0 Å². The molecule has 0 N–H and O–H groups in total. The molecule has 84 valence electrons. The number of aromatic nitrogens is 4.